The first-order valence-electron chi connectivity index (χ1n) is 7.96. The van der Waals surface area contributed by atoms with Crippen LogP contribution in [0.15, 0.2) is 40.8 Å². The van der Waals surface area contributed by atoms with Gasteiger partial charge < -0.3 is 4.90 Å². The maximum Gasteiger partial charge on any atom is 0.269 e. The first kappa shape index (κ1) is 19.0. The summed E-state index contributed by atoms with van der Waals surface area (Å²) in [7, 11) is 1.58. The molecule has 0 aliphatic carbocycles. The van der Waals surface area contributed by atoms with Gasteiger partial charge in [0.05, 0.1) is 16.6 Å². The minimum absolute atomic E-state index is 0.0862. The Morgan fingerprint density at radius 3 is 2.93 bits per heavy atom. The van der Waals surface area contributed by atoms with Gasteiger partial charge in [0.2, 0.25) is 5.91 Å². The molecule has 0 atom stereocenters. The molecule has 140 valence electrons. The molecule has 1 aromatic carbocycles. The van der Waals surface area contributed by atoms with Crippen molar-refractivity contribution in [3.05, 3.63) is 67.0 Å². The van der Waals surface area contributed by atoms with Crippen LogP contribution in [-0.4, -0.2) is 32.3 Å². The first-order valence-corrected chi connectivity index (χ1v) is 9.22. The van der Waals surface area contributed by atoms with Crippen LogP contribution < -0.4 is 5.56 Å². The Bertz CT molecular complexity index is 1080. The lowest BCUT2D eigenvalue weighted by Crippen LogP contribution is -2.29. The predicted octanol–water partition coefficient (Wildman–Crippen LogP) is 3.07. The van der Waals surface area contributed by atoms with Crippen molar-refractivity contribution in [3.8, 4) is 0 Å². The maximum absolute atomic E-state index is 12.4. The number of rotatable bonds is 6. The van der Waals surface area contributed by atoms with Crippen LogP contribution in [0.4, 0.5) is 5.69 Å². The Morgan fingerprint density at radius 2 is 2.19 bits per heavy atom. The summed E-state index contributed by atoms with van der Waals surface area (Å²) in [4.78, 5) is 41.4. The molecule has 0 bridgehead atoms. The minimum Gasteiger partial charge on any atom is -0.341 e. The zero-order chi connectivity index (χ0) is 19.6. The van der Waals surface area contributed by atoms with Crippen molar-refractivity contribution in [1.82, 2.24) is 14.5 Å². The molecule has 10 heteroatoms. The minimum atomic E-state index is -0.512. The molecule has 0 saturated carbocycles. The number of amides is 1. The van der Waals surface area contributed by atoms with Gasteiger partial charge in [-0.1, -0.05) is 11.6 Å². The van der Waals surface area contributed by atoms with Gasteiger partial charge in [0.15, 0.2) is 0 Å². The molecule has 2 heterocycles. The second-order valence-electron chi connectivity index (χ2n) is 5.92. The van der Waals surface area contributed by atoms with Crippen molar-refractivity contribution in [2.24, 2.45) is 0 Å². The Labute approximate surface area is 162 Å². The fourth-order valence-electron chi connectivity index (χ4n) is 2.60. The number of nitro benzene ring substituents is 1. The highest BCUT2D eigenvalue weighted by atomic mass is 35.5. The topological polar surface area (TPSA) is 98.3 Å². The SMILES string of the molecule is CN(Cc1cc([N+](=O)[O-])ccc1Cl)C(=O)CCn1cnc2sccc2c1=O. The molecule has 27 heavy (non-hydrogen) atoms. The molecule has 0 aliphatic heterocycles. The second-order valence-corrected chi connectivity index (χ2v) is 7.22. The zero-order valence-electron chi connectivity index (χ0n) is 14.3. The number of aryl methyl sites for hydroxylation is 1. The van der Waals surface area contributed by atoms with Crippen LogP contribution in [0.5, 0.6) is 0 Å². The van der Waals surface area contributed by atoms with Crippen LogP contribution in [0, 0.1) is 10.1 Å². The van der Waals surface area contributed by atoms with Crippen LogP contribution in [0.3, 0.4) is 0 Å². The van der Waals surface area contributed by atoms with Crippen molar-refractivity contribution in [3.63, 3.8) is 0 Å². The number of fused-ring (bicyclic) bond motifs is 1. The molecule has 0 spiro atoms. The fourth-order valence-corrected chi connectivity index (χ4v) is 3.50. The number of halogens is 1. The van der Waals surface area contributed by atoms with Gasteiger partial charge in [-0.25, -0.2) is 4.98 Å². The second kappa shape index (κ2) is 7.85. The summed E-state index contributed by atoms with van der Waals surface area (Å²) in [5.41, 5.74) is 0.218. The van der Waals surface area contributed by atoms with E-state index >= 15 is 0 Å². The third-order valence-electron chi connectivity index (χ3n) is 4.09. The van der Waals surface area contributed by atoms with E-state index in [1.165, 1.54) is 45.3 Å². The summed E-state index contributed by atoms with van der Waals surface area (Å²) in [6, 6.07) is 5.82. The molecular formula is C17H15ClN4O4S. The molecule has 8 nitrogen and oxygen atoms in total. The molecule has 1 amide bonds. The number of carbonyl (C=O) groups is 1. The van der Waals surface area contributed by atoms with Gasteiger partial charge in [-0.15, -0.1) is 11.3 Å². The van der Waals surface area contributed by atoms with Crippen LogP contribution in [0.2, 0.25) is 5.02 Å². The van der Waals surface area contributed by atoms with Crippen LogP contribution in [0.25, 0.3) is 10.2 Å². The molecule has 2 aromatic heterocycles. The Hall–Kier alpha value is -2.78. The lowest BCUT2D eigenvalue weighted by atomic mass is 10.2. The molecular weight excluding hydrogens is 392 g/mol. The molecule has 0 aliphatic rings. The van der Waals surface area contributed by atoms with Crippen molar-refractivity contribution < 1.29 is 9.72 Å². The number of carbonyl (C=O) groups excluding carboxylic acids is 1. The smallest absolute Gasteiger partial charge is 0.269 e. The summed E-state index contributed by atoms with van der Waals surface area (Å²) in [6.45, 7) is 0.333. The van der Waals surface area contributed by atoms with Gasteiger partial charge in [0, 0.05) is 43.7 Å². The van der Waals surface area contributed by atoms with Crippen LogP contribution in [-0.2, 0) is 17.9 Å². The summed E-state index contributed by atoms with van der Waals surface area (Å²) >= 11 is 7.46. The van der Waals surface area contributed by atoms with E-state index < -0.39 is 4.92 Å². The number of nitro groups is 1. The average Bonchev–Trinajstić information content (AvgIpc) is 3.12. The number of thiophene rings is 1. The number of aromatic nitrogens is 2. The van der Waals surface area contributed by atoms with E-state index in [1.807, 2.05) is 0 Å². The third-order valence-corrected chi connectivity index (χ3v) is 5.28. The molecule has 0 N–H and O–H groups in total. The number of non-ortho nitro benzene ring substituents is 1. The van der Waals surface area contributed by atoms with E-state index in [4.69, 9.17) is 11.6 Å². The van der Waals surface area contributed by atoms with Gasteiger partial charge in [0.1, 0.15) is 4.83 Å². The highest BCUT2D eigenvalue weighted by molar-refractivity contribution is 7.16. The average molecular weight is 407 g/mol. The van der Waals surface area contributed by atoms with Crippen molar-refractivity contribution in [2.45, 2.75) is 19.5 Å². The number of nitrogens with zero attached hydrogens (tertiary/aromatic N) is 4. The summed E-state index contributed by atoms with van der Waals surface area (Å²) < 4.78 is 1.40. The standard InChI is InChI=1S/C17H15ClN4O4S/c1-20(9-11-8-12(22(25)26)2-3-14(11)18)15(23)4-6-21-10-19-16-13(17(21)24)5-7-27-16/h2-3,5,7-8,10H,4,6,9H2,1H3. The highest BCUT2D eigenvalue weighted by Gasteiger charge is 2.15. The van der Waals surface area contributed by atoms with Gasteiger partial charge >= 0.3 is 0 Å². The van der Waals surface area contributed by atoms with E-state index in [9.17, 15) is 19.7 Å². The van der Waals surface area contributed by atoms with Crippen molar-refractivity contribution in [2.75, 3.05) is 7.05 Å². The van der Waals surface area contributed by atoms with E-state index in [1.54, 1.807) is 18.5 Å². The number of hydrogen-bond donors (Lipinski definition) is 0. The largest absolute Gasteiger partial charge is 0.341 e. The highest BCUT2D eigenvalue weighted by Crippen LogP contribution is 2.23. The Kier molecular flexibility index (Phi) is 5.52. The Balaban J connectivity index is 1.67. The molecule has 3 rings (SSSR count). The quantitative estimate of drug-likeness (QED) is 0.462. The van der Waals surface area contributed by atoms with Gasteiger partial charge in [-0.2, -0.15) is 0 Å². The summed E-state index contributed by atoms with van der Waals surface area (Å²) in [5, 5.41) is 13.6. The number of hydrogen-bond acceptors (Lipinski definition) is 6. The molecule has 0 unspecified atom stereocenters. The normalized spacial score (nSPS) is 10.9. The molecule has 0 fully saturated rings. The molecule has 3 aromatic rings. The van der Waals surface area contributed by atoms with Gasteiger partial charge in [-0.05, 0) is 23.1 Å². The van der Waals surface area contributed by atoms with Crippen LogP contribution >= 0.6 is 22.9 Å². The molecule has 0 saturated heterocycles. The van der Waals surface area contributed by atoms with Gasteiger partial charge in [-0.3, -0.25) is 24.3 Å². The lowest BCUT2D eigenvalue weighted by Gasteiger charge is -2.18. The monoisotopic (exact) mass is 406 g/mol. The van der Waals surface area contributed by atoms with E-state index in [2.05, 4.69) is 4.98 Å². The zero-order valence-corrected chi connectivity index (χ0v) is 15.9. The number of benzene rings is 1. The van der Waals surface area contributed by atoms with E-state index in [0.29, 0.717) is 20.8 Å². The fraction of sp³-hybridized carbons (Fsp3) is 0.235. The first-order chi connectivity index (χ1) is 12.9. The van der Waals surface area contributed by atoms with Crippen LogP contribution in [0.1, 0.15) is 12.0 Å². The van der Waals surface area contributed by atoms with Gasteiger partial charge in [0.25, 0.3) is 11.2 Å². The summed E-state index contributed by atoms with van der Waals surface area (Å²) in [5.74, 6) is -0.213. The van der Waals surface area contributed by atoms with E-state index in [-0.39, 0.29) is 36.7 Å². The predicted molar refractivity (Wildman–Crippen MR) is 103 cm³/mol. The van der Waals surface area contributed by atoms with Crippen molar-refractivity contribution in [1.29, 1.82) is 0 Å². The Morgan fingerprint density at radius 1 is 1.41 bits per heavy atom. The third kappa shape index (κ3) is 4.15. The summed E-state index contributed by atoms with van der Waals surface area (Å²) in [6.07, 6.45) is 1.53. The maximum atomic E-state index is 12.4. The lowest BCUT2D eigenvalue weighted by molar-refractivity contribution is -0.384. The van der Waals surface area contributed by atoms with Crippen molar-refractivity contribution >= 4 is 44.7 Å². The van der Waals surface area contributed by atoms with E-state index in [0.717, 1.165) is 0 Å². The molecule has 0 radical (unpaired) electrons.